The molecule has 3 atom stereocenters. The highest BCUT2D eigenvalue weighted by Crippen LogP contribution is 1.98. The van der Waals surface area contributed by atoms with E-state index in [1.54, 1.807) is 13.8 Å². The molecule has 0 aliphatic heterocycles. The summed E-state index contributed by atoms with van der Waals surface area (Å²) in [6.07, 6.45) is -1.57. The Hall–Kier alpha value is -1.14. The lowest BCUT2D eigenvalue weighted by molar-refractivity contribution is -0.146. The van der Waals surface area contributed by atoms with Crippen molar-refractivity contribution in [2.45, 2.75) is 26.0 Å². The fourth-order valence-corrected chi connectivity index (χ4v) is 0.684. The predicted molar refractivity (Wildman–Crippen MR) is 49.5 cm³/mol. The summed E-state index contributed by atoms with van der Waals surface area (Å²) in [6, 6.07) is -0.308. The maximum Gasteiger partial charge on any atom is 0.334 e. The lowest BCUT2D eigenvalue weighted by atomic mass is 10.0. The molecular weight excluding hydrogens is 188 g/mol. The van der Waals surface area contributed by atoms with Crippen molar-refractivity contribution in [2.24, 2.45) is 11.7 Å². The number of aliphatic hydroxyl groups excluding tert-OH is 1. The minimum absolute atomic E-state index is 0.300. The Balaban J connectivity index is 3.91. The average molecular weight is 204 g/mol. The minimum atomic E-state index is -1.57. The zero-order chi connectivity index (χ0) is 11.3. The highest BCUT2D eigenvalue weighted by atomic mass is 16.4. The van der Waals surface area contributed by atoms with Gasteiger partial charge < -0.3 is 21.3 Å². The number of amides is 1. The molecule has 0 radical (unpaired) electrons. The van der Waals surface area contributed by atoms with Crippen LogP contribution < -0.4 is 11.1 Å². The number of aliphatic hydroxyl groups is 1. The number of carbonyl (C=O) groups excluding carboxylic acids is 1. The number of carboxylic acids is 1. The van der Waals surface area contributed by atoms with Crippen LogP contribution in [0.1, 0.15) is 13.8 Å². The van der Waals surface area contributed by atoms with Gasteiger partial charge in [-0.2, -0.15) is 0 Å². The number of hydrogen-bond donors (Lipinski definition) is 4. The average Bonchev–Trinajstić information content (AvgIpc) is 2.11. The number of rotatable bonds is 5. The molecule has 0 bridgehead atoms. The van der Waals surface area contributed by atoms with Gasteiger partial charge in [-0.1, -0.05) is 6.92 Å². The van der Waals surface area contributed by atoms with E-state index in [4.69, 9.17) is 15.9 Å². The monoisotopic (exact) mass is 204 g/mol. The second kappa shape index (κ2) is 5.56. The normalized spacial score (nSPS) is 16.9. The van der Waals surface area contributed by atoms with Crippen LogP contribution in [0.4, 0.5) is 0 Å². The lowest BCUT2D eigenvalue weighted by Gasteiger charge is -2.15. The summed E-state index contributed by atoms with van der Waals surface area (Å²) < 4.78 is 0. The van der Waals surface area contributed by atoms with Crippen LogP contribution in [0.15, 0.2) is 0 Å². The highest BCUT2D eigenvalue weighted by Gasteiger charge is 2.19. The van der Waals surface area contributed by atoms with Gasteiger partial charge in [0.2, 0.25) is 5.91 Å². The molecule has 0 fully saturated rings. The second-order valence-electron chi connectivity index (χ2n) is 3.25. The summed E-state index contributed by atoms with van der Waals surface area (Å²) in [5.74, 6) is -2.13. The molecular formula is C8H16N2O4. The van der Waals surface area contributed by atoms with Gasteiger partial charge in [-0.3, -0.25) is 4.79 Å². The number of nitrogens with one attached hydrogen (secondary N) is 1. The zero-order valence-corrected chi connectivity index (χ0v) is 8.23. The number of hydrogen-bond acceptors (Lipinski definition) is 4. The van der Waals surface area contributed by atoms with Gasteiger partial charge in [0.1, 0.15) is 0 Å². The van der Waals surface area contributed by atoms with E-state index in [1.807, 2.05) is 0 Å². The quantitative estimate of drug-likeness (QED) is 0.437. The van der Waals surface area contributed by atoms with Crippen LogP contribution in [0.5, 0.6) is 0 Å². The van der Waals surface area contributed by atoms with E-state index in [2.05, 4.69) is 5.32 Å². The van der Waals surface area contributed by atoms with E-state index >= 15 is 0 Å². The molecule has 0 rings (SSSR count). The zero-order valence-electron chi connectivity index (χ0n) is 8.23. The topological polar surface area (TPSA) is 113 Å². The van der Waals surface area contributed by atoms with E-state index in [1.165, 1.54) is 0 Å². The standard InChI is InChI=1S/C8H16N2O4/c1-4(5(2)9)7(12)10-3-6(11)8(13)14/h4-6,11H,3,9H2,1-2H3,(H,10,12)(H,13,14)/t4?,5?,6-/m0/s1. The second-order valence-corrected chi connectivity index (χ2v) is 3.25. The molecule has 0 heterocycles. The molecule has 6 heteroatoms. The van der Waals surface area contributed by atoms with Crippen molar-refractivity contribution in [3.8, 4) is 0 Å². The predicted octanol–water partition coefficient (Wildman–Crippen LogP) is -1.47. The molecule has 0 saturated carbocycles. The van der Waals surface area contributed by atoms with Crippen molar-refractivity contribution in [3.05, 3.63) is 0 Å². The number of nitrogens with two attached hydrogens (primary N) is 1. The third-order valence-corrected chi connectivity index (χ3v) is 1.96. The van der Waals surface area contributed by atoms with Crippen LogP contribution in [0.2, 0.25) is 0 Å². The number of aliphatic carboxylic acids is 1. The Labute approximate surface area is 82.1 Å². The Morgan fingerprint density at radius 1 is 1.43 bits per heavy atom. The largest absolute Gasteiger partial charge is 0.479 e. The van der Waals surface area contributed by atoms with Gasteiger partial charge in [0.15, 0.2) is 6.10 Å². The van der Waals surface area contributed by atoms with Crippen LogP contribution >= 0.6 is 0 Å². The molecule has 82 valence electrons. The van der Waals surface area contributed by atoms with Crippen LogP contribution in [-0.2, 0) is 9.59 Å². The van der Waals surface area contributed by atoms with Gasteiger partial charge in [0.25, 0.3) is 0 Å². The molecule has 0 spiro atoms. The van der Waals surface area contributed by atoms with Crippen molar-refractivity contribution < 1.29 is 19.8 Å². The van der Waals surface area contributed by atoms with Gasteiger partial charge in [-0.25, -0.2) is 4.79 Å². The molecule has 14 heavy (non-hydrogen) atoms. The molecule has 1 amide bonds. The summed E-state index contributed by atoms with van der Waals surface area (Å²) in [5.41, 5.74) is 5.46. The third kappa shape index (κ3) is 4.20. The van der Waals surface area contributed by atoms with Crippen LogP contribution in [0.25, 0.3) is 0 Å². The highest BCUT2D eigenvalue weighted by molar-refractivity contribution is 5.80. The summed E-state index contributed by atoms with van der Waals surface area (Å²) >= 11 is 0. The molecule has 0 aliphatic rings. The van der Waals surface area contributed by atoms with E-state index in [9.17, 15) is 9.59 Å². The van der Waals surface area contributed by atoms with Crippen LogP contribution in [0.3, 0.4) is 0 Å². The first-order valence-corrected chi connectivity index (χ1v) is 4.30. The van der Waals surface area contributed by atoms with E-state index in [-0.39, 0.29) is 18.5 Å². The molecule has 0 saturated heterocycles. The van der Waals surface area contributed by atoms with E-state index in [0.717, 1.165) is 0 Å². The molecule has 0 aromatic rings. The molecule has 0 aliphatic carbocycles. The van der Waals surface area contributed by atoms with Crippen LogP contribution in [0, 0.1) is 5.92 Å². The van der Waals surface area contributed by atoms with Gasteiger partial charge >= 0.3 is 5.97 Å². The van der Waals surface area contributed by atoms with E-state index < -0.39 is 18.0 Å². The minimum Gasteiger partial charge on any atom is -0.479 e. The van der Waals surface area contributed by atoms with Gasteiger partial charge in [0, 0.05) is 12.0 Å². The van der Waals surface area contributed by atoms with Gasteiger partial charge in [0.05, 0.1) is 6.54 Å². The Kier molecular flexibility index (Phi) is 5.11. The fourth-order valence-electron chi connectivity index (χ4n) is 0.684. The fraction of sp³-hybridized carbons (Fsp3) is 0.750. The Morgan fingerprint density at radius 3 is 2.29 bits per heavy atom. The summed E-state index contributed by atoms with van der Waals surface area (Å²) in [4.78, 5) is 21.4. The lowest BCUT2D eigenvalue weighted by Crippen LogP contribution is -2.43. The SMILES string of the molecule is CC(N)C(C)C(=O)NC[C@H](O)C(=O)O. The Morgan fingerprint density at radius 2 is 1.93 bits per heavy atom. The van der Waals surface area contributed by atoms with Gasteiger partial charge in [-0.15, -0.1) is 0 Å². The third-order valence-electron chi connectivity index (χ3n) is 1.96. The van der Waals surface area contributed by atoms with Crippen molar-refractivity contribution in [1.82, 2.24) is 5.32 Å². The molecule has 2 unspecified atom stereocenters. The van der Waals surface area contributed by atoms with Crippen LogP contribution in [-0.4, -0.2) is 40.8 Å². The molecule has 0 aromatic heterocycles. The van der Waals surface area contributed by atoms with Crippen molar-refractivity contribution in [3.63, 3.8) is 0 Å². The first kappa shape index (κ1) is 12.9. The van der Waals surface area contributed by atoms with Gasteiger partial charge in [-0.05, 0) is 6.92 Å². The van der Waals surface area contributed by atoms with Crippen molar-refractivity contribution in [1.29, 1.82) is 0 Å². The van der Waals surface area contributed by atoms with E-state index in [0.29, 0.717) is 0 Å². The number of carboxylic acid groups (broad SMARTS) is 1. The molecule has 5 N–H and O–H groups in total. The summed E-state index contributed by atoms with van der Waals surface area (Å²) in [5, 5.41) is 19.5. The summed E-state index contributed by atoms with van der Waals surface area (Å²) in [6.45, 7) is 3.01. The maximum absolute atomic E-state index is 11.2. The first-order chi connectivity index (χ1) is 6.36. The van der Waals surface area contributed by atoms with Crippen molar-refractivity contribution >= 4 is 11.9 Å². The smallest absolute Gasteiger partial charge is 0.334 e. The van der Waals surface area contributed by atoms with Crippen molar-refractivity contribution in [2.75, 3.05) is 6.54 Å². The molecule has 0 aromatic carbocycles. The Bertz CT molecular complexity index is 217. The maximum atomic E-state index is 11.2. The number of carbonyl (C=O) groups is 2. The molecule has 6 nitrogen and oxygen atoms in total. The first-order valence-electron chi connectivity index (χ1n) is 4.30. The summed E-state index contributed by atoms with van der Waals surface area (Å²) in [7, 11) is 0.